The molecule has 3 heteroatoms. The van der Waals surface area contributed by atoms with E-state index in [2.05, 4.69) is 26.2 Å². The maximum atomic E-state index is 4.30. The molecule has 0 aliphatic heterocycles. The lowest BCUT2D eigenvalue weighted by atomic mass is 9.93. The Morgan fingerprint density at radius 3 is 2.83 bits per heavy atom. The minimum Gasteiger partial charge on any atom is -0.367 e. The van der Waals surface area contributed by atoms with E-state index in [-0.39, 0.29) is 0 Å². The van der Waals surface area contributed by atoms with Crippen molar-refractivity contribution in [3.05, 3.63) is 22.8 Å². The molecule has 0 amide bonds. The Hall–Kier alpha value is -0.570. The summed E-state index contributed by atoms with van der Waals surface area (Å²) in [7, 11) is 0. The first-order valence-corrected chi connectivity index (χ1v) is 5.03. The Morgan fingerprint density at radius 2 is 2.25 bits per heavy atom. The van der Waals surface area contributed by atoms with Crippen molar-refractivity contribution < 1.29 is 0 Å². The molecule has 0 aromatic carbocycles. The molecule has 0 spiro atoms. The van der Waals surface area contributed by atoms with Gasteiger partial charge in [-0.05, 0) is 47.3 Å². The van der Waals surface area contributed by atoms with Gasteiger partial charge >= 0.3 is 0 Å². The SMILES string of the molecule is Brc1cccc(NC2CCC2)n1. The molecular weight excluding hydrogens is 216 g/mol. The molecule has 1 N–H and O–H groups in total. The first-order valence-electron chi connectivity index (χ1n) is 4.24. The average Bonchev–Trinajstić information content (AvgIpc) is 1.97. The monoisotopic (exact) mass is 226 g/mol. The molecule has 0 unspecified atom stereocenters. The van der Waals surface area contributed by atoms with Crippen molar-refractivity contribution >= 4 is 21.7 Å². The Kier molecular flexibility index (Phi) is 2.30. The fourth-order valence-electron chi connectivity index (χ4n) is 1.25. The highest BCUT2D eigenvalue weighted by Crippen LogP contribution is 2.22. The van der Waals surface area contributed by atoms with Crippen LogP contribution in [0, 0.1) is 0 Å². The van der Waals surface area contributed by atoms with E-state index in [4.69, 9.17) is 0 Å². The van der Waals surface area contributed by atoms with E-state index in [0.29, 0.717) is 6.04 Å². The zero-order chi connectivity index (χ0) is 8.39. The van der Waals surface area contributed by atoms with E-state index in [1.165, 1.54) is 19.3 Å². The van der Waals surface area contributed by atoms with E-state index in [1.807, 2.05) is 18.2 Å². The summed E-state index contributed by atoms with van der Waals surface area (Å²) < 4.78 is 0.895. The fraction of sp³-hybridized carbons (Fsp3) is 0.444. The van der Waals surface area contributed by atoms with Gasteiger partial charge in [-0.3, -0.25) is 0 Å². The molecule has 2 rings (SSSR count). The number of hydrogen-bond acceptors (Lipinski definition) is 2. The molecule has 1 aromatic rings. The summed E-state index contributed by atoms with van der Waals surface area (Å²) in [6.07, 6.45) is 3.92. The average molecular weight is 227 g/mol. The van der Waals surface area contributed by atoms with Gasteiger partial charge in [0.1, 0.15) is 10.4 Å². The van der Waals surface area contributed by atoms with Gasteiger partial charge < -0.3 is 5.32 Å². The van der Waals surface area contributed by atoms with Crippen LogP contribution in [0.5, 0.6) is 0 Å². The Bertz CT molecular complexity index is 271. The Morgan fingerprint density at radius 1 is 1.42 bits per heavy atom. The quantitative estimate of drug-likeness (QED) is 0.785. The van der Waals surface area contributed by atoms with Crippen LogP contribution < -0.4 is 5.32 Å². The summed E-state index contributed by atoms with van der Waals surface area (Å²) in [6, 6.07) is 6.60. The van der Waals surface area contributed by atoms with Gasteiger partial charge in [-0.1, -0.05) is 6.07 Å². The van der Waals surface area contributed by atoms with Crippen LogP contribution in [0.25, 0.3) is 0 Å². The lowest BCUT2D eigenvalue weighted by molar-refractivity contribution is 0.444. The van der Waals surface area contributed by atoms with Crippen molar-refractivity contribution in [2.24, 2.45) is 0 Å². The largest absolute Gasteiger partial charge is 0.367 e. The van der Waals surface area contributed by atoms with Gasteiger partial charge in [0.2, 0.25) is 0 Å². The molecule has 1 saturated carbocycles. The molecule has 1 aliphatic rings. The van der Waals surface area contributed by atoms with E-state index in [9.17, 15) is 0 Å². The number of nitrogens with one attached hydrogen (secondary N) is 1. The van der Waals surface area contributed by atoms with Crippen LogP contribution in [0.1, 0.15) is 19.3 Å². The number of pyridine rings is 1. The number of aromatic nitrogens is 1. The van der Waals surface area contributed by atoms with Gasteiger partial charge in [0.15, 0.2) is 0 Å². The van der Waals surface area contributed by atoms with E-state index in [1.54, 1.807) is 0 Å². The molecule has 0 radical (unpaired) electrons. The Balaban J connectivity index is 2.02. The van der Waals surface area contributed by atoms with Crippen LogP contribution in [-0.4, -0.2) is 11.0 Å². The van der Waals surface area contributed by atoms with Gasteiger partial charge in [0.25, 0.3) is 0 Å². The summed E-state index contributed by atoms with van der Waals surface area (Å²) in [5.74, 6) is 0.981. The zero-order valence-electron chi connectivity index (χ0n) is 6.76. The summed E-state index contributed by atoms with van der Waals surface area (Å²) >= 11 is 3.34. The summed E-state index contributed by atoms with van der Waals surface area (Å²) in [5, 5.41) is 3.38. The fourth-order valence-corrected chi connectivity index (χ4v) is 1.59. The van der Waals surface area contributed by atoms with Gasteiger partial charge in [-0.2, -0.15) is 0 Å². The second kappa shape index (κ2) is 3.44. The second-order valence-corrected chi connectivity index (χ2v) is 3.93. The lowest BCUT2D eigenvalue weighted by Crippen LogP contribution is -2.27. The van der Waals surface area contributed by atoms with Crippen molar-refractivity contribution in [2.45, 2.75) is 25.3 Å². The van der Waals surface area contributed by atoms with Crippen molar-refractivity contribution in [3.8, 4) is 0 Å². The summed E-state index contributed by atoms with van der Waals surface area (Å²) in [5.41, 5.74) is 0. The number of halogens is 1. The number of anilines is 1. The highest BCUT2D eigenvalue weighted by Gasteiger charge is 2.16. The molecule has 1 aliphatic carbocycles. The third-order valence-electron chi connectivity index (χ3n) is 2.17. The maximum Gasteiger partial charge on any atom is 0.127 e. The van der Waals surface area contributed by atoms with Crippen LogP contribution in [0.3, 0.4) is 0 Å². The first kappa shape index (κ1) is 8.05. The molecule has 0 atom stereocenters. The Labute approximate surface area is 80.5 Å². The summed E-state index contributed by atoms with van der Waals surface area (Å²) in [4.78, 5) is 4.30. The molecule has 1 heterocycles. The van der Waals surface area contributed by atoms with Gasteiger partial charge in [-0.25, -0.2) is 4.98 Å². The molecule has 2 nitrogen and oxygen atoms in total. The number of hydrogen-bond donors (Lipinski definition) is 1. The van der Waals surface area contributed by atoms with Crippen LogP contribution in [0.4, 0.5) is 5.82 Å². The molecule has 1 fully saturated rings. The number of nitrogens with zero attached hydrogens (tertiary/aromatic N) is 1. The predicted molar refractivity (Wildman–Crippen MR) is 53.2 cm³/mol. The van der Waals surface area contributed by atoms with Crippen LogP contribution >= 0.6 is 15.9 Å². The van der Waals surface area contributed by atoms with Crippen molar-refractivity contribution in [2.75, 3.05) is 5.32 Å². The zero-order valence-corrected chi connectivity index (χ0v) is 8.34. The standard InChI is InChI=1S/C9H11BrN2/c10-8-5-2-6-9(12-8)11-7-3-1-4-7/h2,5-7H,1,3-4H2,(H,11,12). The maximum absolute atomic E-state index is 4.30. The van der Waals surface area contributed by atoms with Gasteiger partial charge in [0.05, 0.1) is 0 Å². The van der Waals surface area contributed by atoms with E-state index < -0.39 is 0 Å². The third kappa shape index (κ3) is 1.78. The number of rotatable bonds is 2. The molecule has 1 aromatic heterocycles. The summed E-state index contributed by atoms with van der Waals surface area (Å²) in [6.45, 7) is 0. The third-order valence-corrected chi connectivity index (χ3v) is 2.61. The molecular formula is C9H11BrN2. The first-order chi connectivity index (χ1) is 5.84. The predicted octanol–water partition coefficient (Wildman–Crippen LogP) is 2.81. The highest BCUT2D eigenvalue weighted by atomic mass is 79.9. The molecule has 0 saturated heterocycles. The minimum atomic E-state index is 0.659. The van der Waals surface area contributed by atoms with Crippen LogP contribution in [0.15, 0.2) is 22.8 Å². The van der Waals surface area contributed by atoms with Crippen LogP contribution in [0.2, 0.25) is 0 Å². The second-order valence-electron chi connectivity index (χ2n) is 3.12. The lowest BCUT2D eigenvalue weighted by Gasteiger charge is -2.26. The van der Waals surface area contributed by atoms with Crippen LogP contribution in [-0.2, 0) is 0 Å². The van der Waals surface area contributed by atoms with Gasteiger partial charge in [0, 0.05) is 6.04 Å². The molecule has 64 valence electrons. The molecule has 0 bridgehead atoms. The van der Waals surface area contributed by atoms with Gasteiger partial charge in [-0.15, -0.1) is 0 Å². The minimum absolute atomic E-state index is 0.659. The molecule has 12 heavy (non-hydrogen) atoms. The highest BCUT2D eigenvalue weighted by molar-refractivity contribution is 9.10. The topological polar surface area (TPSA) is 24.9 Å². The van der Waals surface area contributed by atoms with E-state index in [0.717, 1.165) is 10.4 Å². The van der Waals surface area contributed by atoms with Crippen molar-refractivity contribution in [1.82, 2.24) is 4.98 Å². The van der Waals surface area contributed by atoms with E-state index >= 15 is 0 Å². The van der Waals surface area contributed by atoms with Crippen molar-refractivity contribution in [1.29, 1.82) is 0 Å². The van der Waals surface area contributed by atoms with Crippen molar-refractivity contribution in [3.63, 3.8) is 0 Å². The normalized spacial score (nSPS) is 17.1. The smallest absolute Gasteiger partial charge is 0.127 e.